The van der Waals surface area contributed by atoms with Crippen molar-refractivity contribution in [3.05, 3.63) is 0 Å². The predicted octanol–water partition coefficient (Wildman–Crippen LogP) is 1.15. The third-order valence-electron chi connectivity index (χ3n) is 1.15. The molecule has 0 unspecified atom stereocenters. The Hall–Kier alpha value is -0.380. The minimum atomic E-state index is -3.21. The van der Waals surface area contributed by atoms with E-state index in [1.54, 1.807) is 5.43 Å². The van der Waals surface area contributed by atoms with Crippen molar-refractivity contribution < 1.29 is 13.9 Å². The summed E-state index contributed by atoms with van der Waals surface area (Å²) in [6.07, 6.45) is 0. The average molecular weight is 194 g/mol. The van der Waals surface area contributed by atoms with Gasteiger partial charge >= 0.3 is 5.65 Å². The molecule has 5 nitrogen and oxygen atoms in total. The molecule has 0 aromatic carbocycles. The maximum atomic E-state index is 11.3. The second kappa shape index (κ2) is 4.60. The molecule has 6 heteroatoms. The van der Waals surface area contributed by atoms with Crippen LogP contribution in [-0.4, -0.2) is 18.9 Å². The van der Waals surface area contributed by atoms with Gasteiger partial charge in [-0.15, -0.1) is 0 Å². The second-order valence-corrected chi connectivity index (χ2v) is 5.34. The van der Waals surface area contributed by atoms with Crippen molar-refractivity contribution in [1.82, 2.24) is 5.43 Å². The van der Waals surface area contributed by atoms with Gasteiger partial charge in [0, 0.05) is 6.66 Å². The molecule has 0 aliphatic rings. The number of hydrazine groups is 1. The number of amides is 1. The van der Waals surface area contributed by atoms with Crippen LogP contribution >= 0.6 is 7.37 Å². The Labute approximate surface area is 72.1 Å². The third-order valence-corrected chi connectivity index (χ3v) is 2.66. The monoisotopic (exact) mass is 194 g/mol. The summed E-state index contributed by atoms with van der Waals surface area (Å²) in [5.41, 5.74) is 1.05. The van der Waals surface area contributed by atoms with Gasteiger partial charge in [-0.1, -0.05) is 13.8 Å². The van der Waals surface area contributed by atoms with Gasteiger partial charge in [-0.05, 0) is 5.92 Å². The molecule has 1 atom stereocenters. The molecule has 0 heterocycles. The first-order valence-corrected chi connectivity index (χ1v) is 5.70. The molecule has 0 spiro atoms. The summed E-state index contributed by atoms with van der Waals surface area (Å²) in [5, 5.41) is 0. The zero-order chi connectivity index (χ0) is 9.78. The Bertz CT molecular complexity index is 205. The van der Waals surface area contributed by atoms with Gasteiger partial charge < -0.3 is 4.52 Å². The third kappa shape index (κ3) is 3.85. The summed E-state index contributed by atoms with van der Waals surface area (Å²) in [6.45, 7) is 5.35. The van der Waals surface area contributed by atoms with E-state index in [0.717, 1.165) is 0 Å². The molecule has 72 valence electrons. The summed E-state index contributed by atoms with van der Waals surface area (Å²) in [6, 6.07) is 0. The molecule has 0 radical (unpaired) electrons. The summed E-state index contributed by atoms with van der Waals surface area (Å²) in [7, 11) is -3.21. The Morgan fingerprint density at radius 3 is 2.50 bits per heavy atom. The van der Waals surface area contributed by atoms with Crippen LogP contribution in [0.3, 0.4) is 0 Å². The number of nitrogens with one attached hydrogen (secondary N) is 1. The quantitative estimate of drug-likeness (QED) is 0.304. The molecular formula is C6H15N2O3P. The van der Waals surface area contributed by atoms with Crippen LogP contribution in [0.2, 0.25) is 0 Å². The van der Waals surface area contributed by atoms with Gasteiger partial charge in [0.05, 0.1) is 6.61 Å². The van der Waals surface area contributed by atoms with Gasteiger partial charge in [-0.2, -0.15) is 0 Å². The molecular weight excluding hydrogens is 179 g/mol. The highest BCUT2D eigenvalue weighted by atomic mass is 31.2. The highest BCUT2D eigenvalue weighted by molar-refractivity contribution is 7.75. The van der Waals surface area contributed by atoms with Crippen molar-refractivity contribution in [1.29, 1.82) is 0 Å². The fourth-order valence-electron chi connectivity index (χ4n) is 0.467. The minimum Gasteiger partial charge on any atom is -0.322 e. The van der Waals surface area contributed by atoms with Crippen LogP contribution in [0, 0.1) is 5.92 Å². The molecule has 0 aromatic rings. The number of hydrogen-bond donors (Lipinski definition) is 2. The summed E-state index contributed by atoms with van der Waals surface area (Å²) < 4.78 is 16.2. The maximum Gasteiger partial charge on any atom is 0.319 e. The van der Waals surface area contributed by atoms with Gasteiger partial charge in [0.25, 0.3) is 7.37 Å². The molecule has 0 rings (SSSR count). The Kier molecular flexibility index (Phi) is 4.45. The number of rotatable bonds is 4. The Balaban J connectivity index is 4.05. The molecule has 0 aromatic heterocycles. The van der Waals surface area contributed by atoms with Crippen molar-refractivity contribution in [2.24, 2.45) is 11.8 Å². The zero-order valence-electron chi connectivity index (χ0n) is 7.53. The molecule has 0 bridgehead atoms. The molecule has 0 saturated heterocycles. The van der Waals surface area contributed by atoms with Gasteiger partial charge in [-0.3, -0.25) is 14.8 Å². The number of nitrogens with two attached hydrogens (primary N) is 1. The number of carbonyl (C=O) groups is 1. The van der Waals surface area contributed by atoms with E-state index in [4.69, 9.17) is 10.4 Å². The standard InChI is InChI=1S/C6H15N2O3P/c1-5(2)4-11-12(3,10)6(9)8-7/h5H,4,7H2,1-3H3,(H,8,9)/t12-/m0/s1. The van der Waals surface area contributed by atoms with Crippen LogP contribution in [0.1, 0.15) is 13.8 Å². The van der Waals surface area contributed by atoms with Gasteiger partial charge in [0.2, 0.25) is 0 Å². The molecule has 3 N–H and O–H groups in total. The van der Waals surface area contributed by atoms with E-state index in [-0.39, 0.29) is 5.92 Å². The number of hydrogen-bond acceptors (Lipinski definition) is 4. The Morgan fingerprint density at radius 2 is 2.17 bits per heavy atom. The summed E-state index contributed by atoms with van der Waals surface area (Å²) in [5.74, 6) is 5.05. The molecule has 1 amide bonds. The lowest BCUT2D eigenvalue weighted by Crippen LogP contribution is -2.29. The SMILES string of the molecule is CC(C)CO[P@](C)(=O)C(=O)NN. The van der Waals surface area contributed by atoms with E-state index in [9.17, 15) is 9.36 Å². The Morgan fingerprint density at radius 1 is 1.67 bits per heavy atom. The summed E-state index contributed by atoms with van der Waals surface area (Å²) >= 11 is 0. The van der Waals surface area contributed by atoms with E-state index in [1.807, 2.05) is 13.8 Å². The van der Waals surface area contributed by atoms with E-state index in [1.165, 1.54) is 6.66 Å². The second-order valence-electron chi connectivity index (χ2n) is 2.98. The predicted molar refractivity (Wildman–Crippen MR) is 47.0 cm³/mol. The molecule has 0 fully saturated rings. The first-order valence-electron chi connectivity index (χ1n) is 3.63. The maximum absolute atomic E-state index is 11.3. The first-order chi connectivity index (χ1) is 5.40. The van der Waals surface area contributed by atoms with Crippen LogP contribution in [0.4, 0.5) is 4.79 Å². The molecule has 0 aliphatic heterocycles. The van der Waals surface area contributed by atoms with Crippen LogP contribution in [0.15, 0.2) is 0 Å². The molecule has 0 aliphatic carbocycles. The van der Waals surface area contributed by atoms with Crippen LogP contribution in [0.5, 0.6) is 0 Å². The van der Waals surface area contributed by atoms with Crippen molar-refractivity contribution in [3.63, 3.8) is 0 Å². The lowest BCUT2D eigenvalue weighted by atomic mass is 10.2. The van der Waals surface area contributed by atoms with E-state index < -0.39 is 13.0 Å². The smallest absolute Gasteiger partial charge is 0.319 e. The van der Waals surface area contributed by atoms with Crippen LogP contribution in [-0.2, 0) is 9.09 Å². The van der Waals surface area contributed by atoms with Gasteiger partial charge in [-0.25, -0.2) is 5.84 Å². The van der Waals surface area contributed by atoms with E-state index in [2.05, 4.69) is 0 Å². The van der Waals surface area contributed by atoms with Gasteiger partial charge in [0.15, 0.2) is 0 Å². The minimum absolute atomic E-state index is 0.240. The van der Waals surface area contributed by atoms with E-state index >= 15 is 0 Å². The zero-order valence-corrected chi connectivity index (χ0v) is 8.43. The van der Waals surface area contributed by atoms with Crippen molar-refractivity contribution in [2.45, 2.75) is 13.8 Å². The highest BCUT2D eigenvalue weighted by Gasteiger charge is 2.26. The fraction of sp³-hybridized carbons (Fsp3) is 0.833. The largest absolute Gasteiger partial charge is 0.322 e. The lowest BCUT2D eigenvalue weighted by molar-refractivity contribution is 0.241. The van der Waals surface area contributed by atoms with Crippen molar-refractivity contribution in [3.8, 4) is 0 Å². The topological polar surface area (TPSA) is 81.4 Å². The molecule has 0 saturated carbocycles. The normalized spacial score (nSPS) is 15.8. The van der Waals surface area contributed by atoms with Crippen molar-refractivity contribution >= 4 is 13.0 Å². The summed E-state index contributed by atoms with van der Waals surface area (Å²) in [4.78, 5) is 10.8. The van der Waals surface area contributed by atoms with Crippen LogP contribution in [0.25, 0.3) is 0 Å². The lowest BCUT2D eigenvalue weighted by Gasteiger charge is -2.12. The highest BCUT2D eigenvalue weighted by Crippen LogP contribution is 2.43. The van der Waals surface area contributed by atoms with Crippen molar-refractivity contribution in [2.75, 3.05) is 13.3 Å². The van der Waals surface area contributed by atoms with Crippen LogP contribution < -0.4 is 11.3 Å². The van der Waals surface area contributed by atoms with Gasteiger partial charge in [0.1, 0.15) is 0 Å². The fourth-order valence-corrected chi connectivity index (χ4v) is 1.40. The first kappa shape index (κ1) is 11.6. The van der Waals surface area contributed by atoms with E-state index in [0.29, 0.717) is 6.61 Å². The molecule has 12 heavy (non-hydrogen) atoms. The average Bonchev–Trinajstić information content (AvgIpc) is 1.99. The number of carbonyl (C=O) groups excluding carboxylic acids is 1.